The van der Waals surface area contributed by atoms with Crippen LogP contribution in [0.25, 0.3) is 10.9 Å². The Morgan fingerprint density at radius 1 is 1.29 bits per heavy atom. The highest BCUT2D eigenvalue weighted by molar-refractivity contribution is 5.99. The van der Waals surface area contributed by atoms with Gasteiger partial charge in [0.2, 0.25) is 0 Å². The minimum atomic E-state index is -0.288. The van der Waals surface area contributed by atoms with Gasteiger partial charge in [-0.15, -0.1) is 0 Å². The number of rotatable bonds is 5. The van der Waals surface area contributed by atoms with E-state index in [4.69, 9.17) is 4.74 Å². The van der Waals surface area contributed by atoms with Crippen LogP contribution in [-0.2, 0) is 12.8 Å². The molecule has 0 bridgehead atoms. The Morgan fingerprint density at radius 2 is 2.14 bits per heavy atom. The molecule has 2 aromatic carbocycles. The van der Waals surface area contributed by atoms with Crippen molar-refractivity contribution in [3.05, 3.63) is 58.8 Å². The van der Waals surface area contributed by atoms with Crippen LogP contribution in [0.3, 0.4) is 0 Å². The summed E-state index contributed by atoms with van der Waals surface area (Å²) in [5.74, 6) is 0.104. The number of aryl methyl sites for hydroxylation is 2. The number of hydrazone groups is 1. The smallest absolute Gasteiger partial charge is 0.271 e. The van der Waals surface area contributed by atoms with Gasteiger partial charge >= 0.3 is 0 Å². The third-order valence-corrected chi connectivity index (χ3v) is 5.06. The predicted molar refractivity (Wildman–Crippen MR) is 109 cm³/mol. The maximum absolute atomic E-state index is 12.5. The van der Waals surface area contributed by atoms with E-state index in [0.29, 0.717) is 23.5 Å². The maximum atomic E-state index is 12.5. The van der Waals surface area contributed by atoms with E-state index in [-0.39, 0.29) is 11.7 Å². The van der Waals surface area contributed by atoms with E-state index >= 15 is 0 Å². The summed E-state index contributed by atoms with van der Waals surface area (Å²) in [6.45, 7) is 2.30. The van der Waals surface area contributed by atoms with Crippen molar-refractivity contribution in [2.24, 2.45) is 5.10 Å². The second-order valence-electron chi connectivity index (χ2n) is 6.88. The Kier molecular flexibility index (Phi) is 5.02. The molecular formula is C22H23N3O3. The first kappa shape index (κ1) is 18.1. The van der Waals surface area contributed by atoms with Crippen molar-refractivity contribution < 1.29 is 14.6 Å². The fourth-order valence-electron chi connectivity index (χ4n) is 3.69. The van der Waals surface area contributed by atoms with E-state index in [1.54, 1.807) is 24.3 Å². The summed E-state index contributed by atoms with van der Waals surface area (Å²) in [5.41, 5.74) is 7.26. The molecule has 1 heterocycles. The highest BCUT2D eigenvalue weighted by atomic mass is 16.5. The number of H-pyrrole nitrogens is 1. The molecule has 0 fully saturated rings. The lowest BCUT2D eigenvalue weighted by Crippen LogP contribution is -2.17. The average Bonchev–Trinajstić information content (AvgIpc) is 3.08. The van der Waals surface area contributed by atoms with Crippen molar-refractivity contribution >= 4 is 23.0 Å². The van der Waals surface area contributed by atoms with Crippen LogP contribution in [0, 0.1) is 0 Å². The number of amides is 1. The van der Waals surface area contributed by atoms with Gasteiger partial charge in [0.25, 0.3) is 5.91 Å². The summed E-state index contributed by atoms with van der Waals surface area (Å²) in [5, 5.41) is 15.3. The van der Waals surface area contributed by atoms with Gasteiger partial charge in [-0.3, -0.25) is 4.79 Å². The highest BCUT2D eigenvalue weighted by Crippen LogP contribution is 2.30. The first-order valence-corrected chi connectivity index (χ1v) is 9.59. The molecule has 1 aromatic heterocycles. The molecule has 0 aliphatic heterocycles. The fraction of sp³-hybridized carbons (Fsp3) is 0.273. The second kappa shape index (κ2) is 7.76. The minimum absolute atomic E-state index is 0.00252. The number of aromatic nitrogens is 1. The van der Waals surface area contributed by atoms with Crippen molar-refractivity contribution in [1.82, 2.24) is 10.4 Å². The number of carbonyl (C=O) groups excluding carboxylic acids is 1. The first-order valence-electron chi connectivity index (χ1n) is 9.59. The SMILES string of the molecule is CCOc1cccc(/C=N\NC(=O)c2ccc3[nH]c4c(c3c2)CCCC4)c1O. The summed E-state index contributed by atoms with van der Waals surface area (Å²) in [7, 11) is 0. The first-order chi connectivity index (χ1) is 13.7. The normalized spacial score (nSPS) is 13.6. The van der Waals surface area contributed by atoms with Crippen LogP contribution < -0.4 is 10.2 Å². The monoisotopic (exact) mass is 377 g/mol. The number of aromatic hydroxyl groups is 1. The summed E-state index contributed by atoms with van der Waals surface area (Å²) in [6.07, 6.45) is 5.92. The van der Waals surface area contributed by atoms with Crippen LogP contribution in [0.2, 0.25) is 0 Å². The number of nitrogens with zero attached hydrogens (tertiary/aromatic N) is 1. The Morgan fingerprint density at radius 3 is 3.00 bits per heavy atom. The molecule has 4 rings (SSSR count). The summed E-state index contributed by atoms with van der Waals surface area (Å²) < 4.78 is 5.35. The summed E-state index contributed by atoms with van der Waals surface area (Å²) in [4.78, 5) is 16.0. The zero-order valence-electron chi connectivity index (χ0n) is 15.8. The largest absolute Gasteiger partial charge is 0.504 e. The molecule has 28 heavy (non-hydrogen) atoms. The molecule has 0 unspecified atom stereocenters. The zero-order valence-corrected chi connectivity index (χ0v) is 15.8. The number of phenolic OH excluding ortho intramolecular Hbond substituents is 1. The second-order valence-corrected chi connectivity index (χ2v) is 6.88. The molecule has 6 heteroatoms. The van der Waals surface area contributed by atoms with Gasteiger partial charge < -0.3 is 14.8 Å². The highest BCUT2D eigenvalue weighted by Gasteiger charge is 2.16. The van der Waals surface area contributed by atoms with Gasteiger partial charge in [0.05, 0.1) is 12.8 Å². The quantitative estimate of drug-likeness (QED) is 0.465. The van der Waals surface area contributed by atoms with Gasteiger partial charge in [0.1, 0.15) is 0 Å². The van der Waals surface area contributed by atoms with Crippen LogP contribution in [-0.4, -0.2) is 28.8 Å². The van der Waals surface area contributed by atoms with Gasteiger partial charge in [-0.1, -0.05) is 6.07 Å². The Labute approximate surface area is 163 Å². The van der Waals surface area contributed by atoms with Crippen LogP contribution in [0.5, 0.6) is 11.5 Å². The molecular weight excluding hydrogens is 354 g/mol. The molecule has 0 saturated heterocycles. The van der Waals surface area contributed by atoms with Crippen molar-refractivity contribution in [2.75, 3.05) is 6.61 Å². The number of hydrogen-bond donors (Lipinski definition) is 3. The van der Waals surface area contributed by atoms with Crippen LogP contribution in [0.4, 0.5) is 0 Å². The van der Waals surface area contributed by atoms with Crippen molar-refractivity contribution in [3.8, 4) is 11.5 Å². The number of nitrogens with one attached hydrogen (secondary N) is 2. The van der Waals surface area contributed by atoms with Crippen LogP contribution >= 0.6 is 0 Å². The molecule has 0 atom stereocenters. The lowest BCUT2D eigenvalue weighted by atomic mass is 9.95. The molecule has 3 aromatic rings. The third-order valence-electron chi connectivity index (χ3n) is 5.06. The molecule has 1 aliphatic carbocycles. The average molecular weight is 377 g/mol. The molecule has 144 valence electrons. The van der Waals surface area contributed by atoms with Gasteiger partial charge in [0.15, 0.2) is 11.5 Å². The summed E-state index contributed by atoms with van der Waals surface area (Å²) in [6, 6.07) is 10.8. The van der Waals surface area contributed by atoms with Gasteiger partial charge in [-0.25, -0.2) is 5.43 Å². The molecule has 6 nitrogen and oxygen atoms in total. The van der Waals surface area contributed by atoms with E-state index in [2.05, 4.69) is 15.5 Å². The Hall–Kier alpha value is -3.28. The van der Waals surface area contributed by atoms with E-state index in [0.717, 1.165) is 23.7 Å². The maximum Gasteiger partial charge on any atom is 0.271 e. The molecule has 0 spiro atoms. The number of hydrogen-bond acceptors (Lipinski definition) is 4. The standard InChI is InChI=1S/C22H23N3O3/c1-2-28-20-9-5-6-15(21(20)26)13-23-25-22(27)14-10-11-19-17(12-14)16-7-3-4-8-18(16)24-19/h5-6,9-13,24,26H,2-4,7-8H2,1H3,(H,25,27)/b23-13-. The van der Waals surface area contributed by atoms with Gasteiger partial charge in [0, 0.05) is 27.7 Å². The number of phenols is 1. The molecule has 1 amide bonds. The Balaban J connectivity index is 1.51. The Bertz CT molecular complexity index is 1050. The molecule has 0 radical (unpaired) electrons. The van der Waals surface area contributed by atoms with Crippen molar-refractivity contribution in [1.29, 1.82) is 0 Å². The lowest BCUT2D eigenvalue weighted by molar-refractivity contribution is 0.0955. The fourth-order valence-corrected chi connectivity index (χ4v) is 3.69. The van der Waals surface area contributed by atoms with Crippen molar-refractivity contribution in [3.63, 3.8) is 0 Å². The van der Waals surface area contributed by atoms with Crippen LogP contribution in [0.15, 0.2) is 41.5 Å². The molecule has 1 aliphatic rings. The van der Waals surface area contributed by atoms with Gasteiger partial charge in [-0.2, -0.15) is 5.10 Å². The summed E-state index contributed by atoms with van der Waals surface area (Å²) >= 11 is 0. The number of carbonyl (C=O) groups is 1. The van der Waals surface area contributed by atoms with Crippen LogP contribution in [0.1, 0.15) is 46.9 Å². The van der Waals surface area contributed by atoms with E-state index in [9.17, 15) is 9.90 Å². The number of ether oxygens (including phenoxy) is 1. The number of benzene rings is 2. The predicted octanol–water partition coefficient (Wildman–Crippen LogP) is 3.91. The number of fused-ring (bicyclic) bond motifs is 3. The topological polar surface area (TPSA) is 86.7 Å². The van der Waals surface area contributed by atoms with Gasteiger partial charge in [-0.05, 0) is 68.5 Å². The van der Waals surface area contributed by atoms with Crippen molar-refractivity contribution in [2.45, 2.75) is 32.6 Å². The third kappa shape index (κ3) is 3.45. The van der Waals surface area contributed by atoms with E-state index in [1.165, 1.54) is 30.3 Å². The minimum Gasteiger partial charge on any atom is -0.504 e. The number of para-hydroxylation sites is 1. The number of aromatic amines is 1. The van der Waals surface area contributed by atoms with E-state index in [1.807, 2.05) is 19.1 Å². The van der Waals surface area contributed by atoms with E-state index < -0.39 is 0 Å². The zero-order chi connectivity index (χ0) is 19.5. The lowest BCUT2D eigenvalue weighted by Gasteiger charge is -2.10. The molecule has 3 N–H and O–H groups in total. The molecule has 0 saturated carbocycles.